The van der Waals surface area contributed by atoms with E-state index in [9.17, 15) is 0 Å². The summed E-state index contributed by atoms with van der Waals surface area (Å²) in [5.41, 5.74) is 9.35. The van der Waals surface area contributed by atoms with Crippen LogP contribution < -0.4 is 5.73 Å². The van der Waals surface area contributed by atoms with Gasteiger partial charge in [0, 0.05) is 29.8 Å². The molecule has 106 valence electrons. The molecule has 2 unspecified atom stereocenters. The minimum Gasteiger partial charge on any atom is -0.326 e. The number of rotatable bonds is 5. The summed E-state index contributed by atoms with van der Waals surface area (Å²) in [6.45, 7) is 6.06. The fourth-order valence-corrected chi connectivity index (χ4v) is 3.28. The van der Waals surface area contributed by atoms with E-state index in [-0.39, 0.29) is 11.3 Å². The predicted molar refractivity (Wildman–Crippen MR) is 82.6 cm³/mol. The van der Waals surface area contributed by atoms with Crippen LogP contribution in [-0.2, 0) is 0 Å². The Morgan fingerprint density at radius 2 is 1.95 bits per heavy atom. The molecule has 0 amide bonds. The number of aryl methyl sites for hydroxylation is 2. The molecule has 2 N–H and O–H groups in total. The molecule has 0 spiro atoms. The second-order valence-electron chi connectivity index (χ2n) is 4.83. The third kappa shape index (κ3) is 3.77. The highest BCUT2D eigenvalue weighted by atomic mass is 32.2. The molecule has 2 aromatic heterocycles. The highest BCUT2D eigenvalue weighted by Crippen LogP contribution is 2.36. The molecule has 2 rings (SSSR count). The third-order valence-corrected chi connectivity index (χ3v) is 4.34. The Labute approximate surface area is 124 Å². The minimum absolute atomic E-state index is 0.0496. The first-order valence-corrected chi connectivity index (χ1v) is 7.62. The minimum atomic E-state index is 0.0496. The molecule has 20 heavy (non-hydrogen) atoms. The highest BCUT2D eigenvalue weighted by Gasteiger charge is 2.21. The van der Waals surface area contributed by atoms with Crippen LogP contribution in [0.2, 0.25) is 0 Å². The number of nitrogens with zero attached hydrogens (tertiary/aromatic N) is 3. The molecule has 0 saturated carbocycles. The van der Waals surface area contributed by atoms with Crippen LogP contribution in [0.1, 0.15) is 35.5 Å². The Morgan fingerprint density at radius 1 is 1.25 bits per heavy atom. The van der Waals surface area contributed by atoms with E-state index in [0.29, 0.717) is 0 Å². The summed E-state index contributed by atoms with van der Waals surface area (Å²) in [4.78, 5) is 13.2. The van der Waals surface area contributed by atoms with Gasteiger partial charge in [-0.1, -0.05) is 24.8 Å². The molecule has 0 radical (unpaired) electrons. The van der Waals surface area contributed by atoms with Crippen molar-refractivity contribution in [2.45, 2.75) is 43.6 Å². The zero-order valence-corrected chi connectivity index (χ0v) is 12.9. The van der Waals surface area contributed by atoms with E-state index in [0.717, 1.165) is 28.5 Å². The predicted octanol–water partition coefficient (Wildman–Crippen LogP) is 3.06. The number of pyridine rings is 1. The summed E-state index contributed by atoms with van der Waals surface area (Å²) in [6.07, 6.45) is 4.54. The lowest BCUT2D eigenvalue weighted by Gasteiger charge is -2.21. The van der Waals surface area contributed by atoms with Gasteiger partial charge in [0.1, 0.15) is 0 Å². The Bertz CT molecular complexity index is 539. The fraction of sp³-hybridized carbons (Fsp3) is 0.400. The van der Waals surface area contributed by atoms with Gasteiger partial charge in [0.2, 0.25) is 0 Å². The van der Waals surface area contributed by atoms with Gasteiger partial charge in [-0.2, -0.15) is 0 Å². The van der Waals surface area contributed by atoms with Gasteiger partial charge in [0.25, 0.3) is 0 Å². The lowest BCUT2D eigenvalue weighted by atomic mass is 10.1. The first kappa shape index (κ1) is 14.9. The number of hydrogen-bond acceptors (Lipinski definition) is 5. The molecule has 0 aliphatic heterocycles. The molecule has 5 heteroatoms. The normalized spacial score (nSPS) is 14.0. The van der Waals surface area contributed by atoms with Crippen LogP contribution in [0.5, 0.6) is 0 Å². The first-order valence-electron chi connectivity index (χ1n) is 6.74. The fourth-order valence-electron chi connectivity index (χ4n) is 2.02. The Kier molecular flexibility index (Phi) is 5.09. The largest absolute Gasteiger partial charge is 0.326 e. The number of aromatic nitrogens is 3. The molecule has 2 atom stereocenters. The van der Waals surface area contributed by atoms with Crippen molar-refractivity contribution >= 4 is 11.8 Å². The van der Waals surface area contributed by atoms with Gasteiger partial charge in [0.15, 0.2) is 5.16 Å². The molecule has 0 aliphatic carbocycles. The maximum Gasteiger partial charge on any atom is 0.188 e. The van der Waals surface area contributed by atoms with Gasteiger partial charge >= 0.3 is 0 Å². The highest BCUT2D eigenvalue weighted by molar-refractivity contribution is 7.99. The SMILES string of the molecule is CCC(N)C(Sc1nc(C)cc(C)n1)c1cccnc1. The monoisotopic (exact) mass is 288 g/mol. The molecule has 0 fully saturated rings. The smallest absolute Gasteiger partial charge is 0.188 e. The van der Waals surface area contributed by atoms with E-state index in [1.807, 2.05) is 32.2 Å². The van der Waals surface area contributed by atoms with E-state index in [1.54, 1.807) is 18.0 Å². The van der Waals surface area contributed by atoms with Crippen molar-refractivity contribution in [3.05, 3.63) is 47.5 Å². The van der Waals surface area contributed by atoms with Gasteiger partial charge in [-0.25, -0.2) is 9.97 Å². The van der Waals surface area contributed by atoms with Crippen molar-refractivity contribution in [3.63, 3.8) is 0 Å². The summed E-state index contributed by atoms with van der Waals surface area (Å²) in [5.74, 6) is 0. The summed E-state index contributed by atoms with van der Waals surface area (Å²) in [5, 5.41) is 0.898. The summed E-state index contributed by atoms with van der Waals surface area (Å²) < 4.78 is 0. The molecule has 4 nitrogen and oxygen atoms in total. The maximum absolute atomic E-state index is 6.27. The van der Waals surface area contributed by atoms with Crippen molar-refractivity contribution in [3.8, 4) is 0 Å². The van der Waals surface area contributed by atoms with Gasteiger partial charge in [-0.05, 0) is 38.0 Å². The number of hydrogen-bond donors (Lipinski definition) is 1. The molecule has 2 aromatic rings. The second kappa shape index (κ2) is 6.81. The van der Waals surface area contributed by atoms with Gasteiger partial charge < -0.3 is 5.73 Å². The van der Waals surface area contributed by atoms with Crippen molar-refractivity contribution in [1.82, 2.24) is 15.0 Å². The third-order valence-electron chi connectivity index (χ3n) is 3.07. The van der Waals surface area contributed by atoms with Gasteiger partial charge in [-0.15, -0.1) is 0 Å². The van der Waals surface area contributed by atoms with Crippen LogP contribution in [-0.4, -0.2) is 21.0 Å². The molecule has 0 bridgehead atoms. The van der Waals surface area contributed by atoms with Crippen LogP contribution in [0.25, 0.3) is 0 Å². The van der Waals surface area contributed by atoms with Crippen LogP contribution in [0.15, 0.2) is 35.7 Å². The Morgan fingerprint density at radius 3 is 2.50 bits per heavy atom. The van der Waals surface area contributed by atoms with Crippen LogP contribution in [0.3, 0.4) is 0 Å². The van der Waals surface area contributed by atoms with E-state index < -0.39 is 0 Å². The lowest BCUT2D eigenvalue weighted by Crippen LogP contribution is -2.26. The molecule has 2 heterocycles. The molecular weight excluding hydrogens is 268 g/mol. The average Bonchev–Trinajstić information content (AvgIpc) is 2.44. The molecule has 0 aromatic carbocycles. The second-order valence-corrected chi connectivity index (χ2v) is 5.94. The molecule has 0 saturated heterocycles. The molecular formula is C15H20N4S. The summed E-state index contributed by atoms with van der Waals surface area (Å²) in [7, 11) is 0. The Hall–Kier alpha value is -1.46. The van der Waals surface area contributed by atoms with E-state index in [4.69, 9.17) is 5.73 Å². The van der Waals surface area contributed by atoms with Crippen molar-refractivity contribution < 1.29 is 0 Å². The standard InChI is InChI=1S/C15H20N4S/c1-4-13(16)14(12-6-5-7-17-9-12)20-15-18-10(2)8-11(3)19-15/h5-9,13-14H,4,16H2,1-3H3. The van der Waals surface area contributed by atoms with Gasteiger partial charge in [-0.3, -0.25) is 4.98 Å². The topological polar surface area (TPSA) is 64.7 Å². The molecule has 0 aliphatic rings. The lowest BCUT2D eigenvalue weighted by molar-refractivity contribution is 0.631. The first-order chi connectivity index (χ1) is 9.60. The average molecular weight is 288 g/mol. The van der Waals surface area contributed by atoms with E-state index >= 15 is 0 Å². The number of thioether (sulfide) groups is 1. The summed E-state index contributed by atoms with van der Waals surface area (Å²) in [6, 6.07) is 6.02. The maximum atomic E-state index is 6.27. The van der Waals surface area contributed by atoms with Crippen molar-refractivity contribution in [1.29, 1.82) is 0 Å². The van der Waals surface area contributed by atoms with Crippen molar-refractivity contribution in [2.24, 2.45) is 5.73 Å². The summed E-state index contributed by atoms with van der Waals surface area (Å²) >= 11 is 1.62. The number of nitrogens with two attached hydrogens (primary N) is 1. The van der Waals surface area contributed by atoms with E-state index in [2.05, 4.69) is 27.9 Å². The van der Waals surface area contributed by atoms with Crippen LogP contribution in [0.4, 0.5) is 0 Å². The Balaban J connectivity index is 2.28. The van der Waals surface area contributed by atoms with E-state index in [1.165, 1.54) is 0 Å². The zero-order chi connectivity index (χ0) is 14.5. The van der Waals surface area contributed by atoms with Gasteiger partial charge in [0.05, 0.1) is 5.25 Å². The van der Waals surface area contributed by atoms with Crippen molar-refractivity contribution in [2.75, 3.05) is 0 Å². The zero-order valence-electron chi connectivity index (χ0n) is 12.1. The quantitative estimate of drug-likeness (QED) is 0.676. The van der Waals surface area contributed by atoms with Crippen LogP contribution in [0, 0.1) is 13.8 Å². The van der Waals surface area contributed by atoms with Crippen LogP contribution >= 0.6 is 11.8 Å².